The van der Waals surface area contributed by atoms with Crippen molar-refractivity contribution >= 4 is 17.4 Å². The van der Waals surface area contributed by atoms with Crippen molar-refractivity contribution in [2.45, 2.75) is 25.1 Å². The zero-order chi connectivity index (χ0) is 27.6. The Morgan fingerprint density at radius 1 is 1.13 bits per heavy atom. The number of ether oxygens (including phenoxy) is 2. The fourth-order valence-corrected chi connectivity index (χ4v) is 5.13. The number of pyridine rings is 1. The maximum Gasteiger partial charge on any atom is 0.421 e. The van der Waals surface area contributed by atoms with Crippen LogP contribution in [0, 0.1) is 5.92 Å². The molecule has 6 nitrogen and oxygen atoms in total. The summed E-state index contributed by atoms with van der Waals surface area (Å²) in [4.78, 5) is 3.69. The molecule has 2 N–H and O–H groups in total. The number of rotatable bonds is 8. The van der Waals surface area contributed by atoms with Crippen LogP contribution in [0.3, 0.4) is 0 Å². The second-order valence-corrected chi connectivity index (χ2v) is 9.83. The van der Waals surface area contributed by atoms with E-state index in [1.807, 2.05) is 48.5 Å². The van der Waals surface area contributed by atoms with Crippen LogP contribution in [0.15, 0.2) is 72.9 Å². The minimum absolute atomic E-state index is 0.0349. The van der Waals surface area contributed by atoms with Crippen LogP contribution in [0.2, 0.25) is 5.02 Å². The van der Waals surface area contributed by atoms with E-state index in [1.165, 1.54) is 12.3 Å². The molecule has 0 radical (unpaired) electrons. The average molecular weight is 558 g/mol. The predicted octanol–water partition coefficient (Wildman–Crippen LogP) is 6.63. The summed E-state index contributed by atoms with van der Waals surface area (Å²) in [6, 6.07) is 19.6. The van der Waals surface area contributed by atoms with Crippen LogP contribution in [0.25, 0.3) is 16.9 Å². The molecule has 4 aromatic rings. The molecular weight excluding hydrogens is 531 g/mol. The first-order valence-electron chi connectivity index (χ1n) is 12.5. The number of aliphatic hydroxyl groups excluding tert-OH is 1. The van der Waals surface area contributed by atoms with E-state index < -0.39 is 23.7 Å². The summed E-state index contributed by atoms with van der Waals surface area (Å²) in [6.07, 6.45) is -3.32. The SMILES string of the molecule is COc1ccc(-c2cc3c(n2-c2ccccc2Cl)NCC(CC(O)COc2ncccc2C(F)(F)F)C3)cc1. The van der Waals surface area contributed by atoms with E-state index in [2.05, 4.69) is 20.9 Å². The lowest BCUT2D eigenvalue weighted by Gasteiger charge is -2.27. The number of aromatic nitrogens is 2. The van der Waals surface area contributed by atoms with Crippen LogP contribution in [-0.4, -0.2) is 41.0 Å². The normalized spacial score (nSPS) is 15.8. The van der Waals surface area contributed by atoms with Gasteiger partial charge in [0.05, 0.1) is 29.6 Å². The van der Waals surface area contributed by atoms with Crippen molar-refractivity contribution in [1.82, 2.24) is 9.55 Å². The summed E-state index contributed by atoms with van der Waals surface area (Å²) in [5, 5.41) is 14.7. The lowest BCUT2D eigenvalue weighted by atomic mass is 9.91. The Hall–Kier alpha value is -3.69. The molecule has 0 saturated carbocycles. The fourth-order valence-electron chi connectivity index (χ4n) is 4.91. The summed E-state index contributed by atoms with van der Waals surface area (Å²) in [5.41, 5.74) is 2.85. The number of anilines is 1. The van der Waals surface area contributed by atoms with E-state index in [4.69, 9.17) is 21.1 Å². The van der Waals surface area contributed by atoms with Crippen molar-refractivity contribution in [3.05, 3.63) is 89.1 Å². The van der Waals surface area contributed by atoms with Gasteiger partial charge < -0.3 is 19.9 Å². The molecule has 0 fully saturated rings. The summed E-state index contributed by atoms with van der Waals surface area (Å²) in [5.74, 6) is 1.17. The van der Waals surface area contributed by atoms with Crippen LogP contribution in [0.4, 0.5) is 19.0 Å². The van der Waals surface area contributed by atoms with Crippen molar-refractivity contribution in [2.24, 2.45) is 5.92 Å². The molecule has 2 aromatic heterocycles. The number of aliphatic hydroxyl groups is 1. The van der Waals surface area contributed by atoms with Gasteiger partial charge in [0.1, 0.15) is 23.7 Å². The van der Waals surface area contributed by atoms with Gasteiger partial charge in [-0.15, -0.1) is 0 Å². The first kappa shape index (κ1) is 26.9. The lowest BCUT2D eigenvalue weighted by Crippen LogP contribution is -2.30. The molecule has 2 aromatic carbocycles. The molecular formula is C29H27ClF3N3O3. The van der Waals surface area contributed by atoms with Gasteiger partial charge in [-0.25, -0.2) is 4.98 Å². The number of fused-ring (bicyclic) bond motifs is 1. The van der Waals surface area contributed by atoms with Gasteiger partial charge in [-0.1, -0.05) is 23.7 Å². The molecule has 0 amide bonds. The Kier molecular flexibility index (Phi) is 7.72. The molecule has 0 spiro atoms. The minimum atomic E-state index is -4.59. The molecule has 2 atom stereocenters. The highest BCUT2D eigenvalue weighted by Crippen LogP contribution is 2.40. The molecule has 0 saturated heterocycles. The first-order chi connectivity index (χ1) is 18.7. The highest BCUT2D eigenvalue weighted by atomic mass is 35.5. The highest BCUT2D eigenvalue weighted by Gasteiger charge is 2.35. The van der Waals surface area contributed by atoms with Gasteiger partial charge in [0, 0.05) is 12.7 Å². The first-order valence-corrected chi connectivity index (χ1v) is 12.8. The summed E-state index contributed by atoms with van der Waals surface area (Å²) in [7, 11) is 1.62. The number of hydrogen-bond donors (Lipinski definition) is 2. The Morgan fingerprint density at radius 2 is 1.90 bits per heavy atom. The molecule has 10 heteroatoms. The topological polar surface area (TPSA) is 68.5 Å². The van der Waals surface area contributed by atoms with E-state index in [1.54, 1.807) is 7.11 Å². The van der Waals surface area contributed by atoms with Gasteiger partial charge in [0.2, 0.25) is 5.88 Å². The predicted molar refractivity (Wildman–Crippen MR) is 144 cm³/mol. The highest BCUT2D eigenvalue weighted by molar-refractivity contribution is 6.32. The fraction of sp³-hybridized carbons (Fsp3) is 0.276. The Balaban J connectivity index is 1.35. The van der Waals surface area contributed by atoms with E-state index in [9.17, 15) is 18.3 Å². The molecule has 2 unspecified atom stereocenters. The zero-order valence-corrected chi connectivity index (χ0v) is 21.8. The Morgan fingerprint density at radius 3 is 2.62 bits per heavy atom. The van der Waals surface area contributed by atoms with Gasteiger partial charge in [-0.05, 0) is 84.5 Å². The lowest BCUT2D eigenvalue weighted by molar-refractivity contribution is -0.139. The Bertz CT molecular complexity index is 1440. The van der Waals surface area contributed by atoms with Gasteiger partial charge in [-0.2, -0.15) is 13.2 Å². The second-order valence-electron chi connectivity index (χ2n) is 9.42. The number of nitrogens with one attached hydrogen (secondary N) is 1. The third-order valence-electron chi connectivity index (χ3n) is 6.72. The van der Waals surface area contributed by atoms with E-state index >= 15 is 0 Å². The third kappa shape index (κ3) is 5.84. The summed E-state index contributed by atoms with van der Waals surface area (Å²) < 4.78 is 52.3. The van der Waals surface area contributed by atoms with Crippen molar-refractivity contribution < 1.29 is 27.8 Å². The van der Waals surface area contributed by atoms with Crippen LogP contribution in [0.1, 0.15) is 17.5 Å². The molecule has 0 bridgehead atoms. The molecule has 1 aliphatic rings. The van der Waals surface area contributed by atoms with Crippen molar-refractivity contribution in [3.8, 4) is 28.6 Å². The molecule has 3 heterocycles. The number of para-hydroxylation sites is 1. The number of nitrogens with zero attached hydrogens (tertiary/aromatic N) is 2. The van der Waals surface area contributed by atoms with Gasteiger partial charge >= 0.3 is 6.18 Å². The van der Waals surface area contributed by atoms with E-state index in [-0.39, 0.29) is 12.5 Å². The number of methoxy groups -OCH3 is 1. The maximum atomic E-state index is 13.2. The summed E-state index contributed by atoms with van der Waals surface area (Å²) in [6.45, 7) is 0.277. The molecule has 5 rings (SSSR count). The monoisotopic (exact) mass is 557 g/mol. The maximum absolute atomic E-state index is 13.2. The van der Waals surface area contributed by atoms with Crippen LogP contribution in [0.5, 0.6) is 11.6 Å². The summed E-state index contributed by atoms with van der Waals surface area (Å²) >= 11 is 6.60. The number of alkyl halides is 3. The van der Waals surface area contributed by atoms with Gasteiger partial charge in [-0.3, -0.25) is 4.57 Å². The molecule has 39 heavy (non-hydrogen) atoms. The minimum Gasteiger partial charge on any atom is -0.497 e. The number of halogens is 4. The van der Waals surface area contributed by atoms with Crippen molar-refractivity contribution in [2.75, 3.05) is 25.6 Å². The smallest absolute Gasteiger partial charge is 0.421 e. The van der Waals surface area contributed by atoms with E-state index in [0.29, 0.717) is 24.4 Å². The number of hydrogen-bond acceptors (Lipinski definition) is 5. The van der Waals surface area contributed by atoms with Crippen molar-refractivity contribution in [1.29, 1.82) is 0 Å². The average Bonchev–Trinajstić information content (AvgIpc) is 3.30. The van der Waals surface area contributed by atoms with Gasteiger partial charge in [0.15, 0.2) is 0 Å². The van der Waals surface area contributed by atoms with Crippen LogP contribution < -0.4 is 14.8 Å². The Labute approximate surface area is 229 Å². The number of benzene rings is 2. The quantitative estimate of drug-likeness (QED) is 0.254. The van der Waals surface area contributed by atoms with Crippen LogP contribution in [-0.2, 0) is 12.6 Å². The molecule has 204 valence electrons. The zero-order valence-electron chi connectivity index (χ0n) is 21.1. The van der Waals surface area contributed by atoms with E-state index in [0.717, 1.165) is 40.1 Å². The van der Waals surface area contributed by atoms with Gasteiger partial charge in [0.25, 0.3) is 0 Å². The van der Waals surface area contributed by atoms with Crippen LogP contribution >= 0.6 is 11.6 Å². The second kappa shape index (κ2) is 11.2. The largest absolute Gasteiger partial charge is 0.497 e. The molecule has 0 aliphatic carbocycles. The third-order valence-corrected chi connectivity index (χ3v) is 7.04. The van der Waals surface area contributed by atoms with Crippen molar-refractivity contribution in [3.63, 3.8) is 0 Å². The molecule has 1 aliphatic heterocycles. The standard InChI is InChI=1S/C29H27ClF3N3O3/c1-38-22-10-8-19(9-11-22)26-15-20-13-18(16-35-27(20)36(26)25-7-3-2-6-24(25)30)14-21(37)17-39-28-23(29(31,32)33)5-4-12-34-28/h2-12,15,18,21,35,37H,13-14,16-17H2,1H3.